The Morgan fingerprint density at radius 3 is 2.43 bits per heavy atom. The lowest BCUT2D eigenvalue weighted by Crippen LogP contribution is -2.45. The Balaban J connectivity index is 1.76. The Hall–Kier alpha value is -2.10. The molecule has 1 aromatic carbocycles. The van der Waals surface area contributed by atoms with Gasteiger partial charge in [0.25, 0.3) is 0 Å². The minimum Gasteiger partial charge on any atom is -0.347 e. The van der Waals surface area contributed by atoms with Gasteiger partial charge in [0, 0.05) is 12.1 Å². The van der Waals surface area contributed by atoms with E-state index in [1.807, 2.05) is 0 Å². The summed E-state index contributed by atoms with van der Waals surface area (Å²) in [5.74, 6) is -4.12. The zero-order valence-electron chi connectivity index (χ0n) is 15.8. The minimum atomic E-state index is -4.25. The summed E-state index contributed by atoms with van der Waals surface area (Å²) in [4.78, 5) is 23.8. The van der Waals surface area contributed by atoms with Crippen LogP contribution in [0.2, 0.25) is 5.02 Å². The van der Waals surface area contributed by atoms with Crippen molar-refractivity contribution in [1.82, 2.24) is 16.0 Å². The molecular weight excluding hydrogens is 433 g/mol. The highest BCUT2D eigenvalue weighted by atomic mass is 35.5. The van der Waals surface area contributed by atoms with E-state index in [1.165, 1.54) is 0 Å². The number of amides is 3. The fourth-order valence-corrected chi connectivity index (χ4v) is 4.19. The number of rotatable bonds is 5. The van der Waals surface area contributed by atoms with Crippen molar-refractivity contribution < 1.29 is 31.5 Å². The molecule has 1 aliphatic carbocycles. The predicted octanol–water partition coefficient (Wildman–Crippen LogP) is 4.22. The molecule has 1 saturated carbocycles. The summed E-state index contributed by atoms with van der Waals surface area (Å²) in [6.45, 7) is 0.0424. The van der Waals surface area contributed by atoms with Crippen molar-refractivity contribution in [3.63, 3.8) is 0 Å². The molecule has 1 heterocycles. The average Bonchev–Trinajstić information content (AvgIpc) is 3.12. The first-order chi connectivity index (χ1) is 14.1. The van der Waals surface area contributed by atoms with E-state index in [9.17, 15) is 31.5 Å². The zero-order valence-corrected chi connectivity index (χ0v) is 16.5. The first-order valence-corrected chi connectivity index (χ1v) is 9.99. The van der Waals surface area contributed by atoms with Crippen LogP contribution in [0.3, 0.4) is 0 Å². The maximum Gasteiger partial charge on any atom is 0.391 e. The van der Waals surface area contributed by atoms with Gasteiger partial charge in [-0.2, -0.15) is 13.2 Å². The third-order valence-electron chi connectivity index (χ3n) is 5.72. The number of halogens is 6. The quantitative estimate of drug-likeness (QED) is 0.461. The first-order valence-electron chi connectivity index (χ1n) is 9.61. The van der Waals surface area contributed by atoms with Crippen molar-refractivity contribution in [1.29, 1.82) is 0 Å². The maximum atomic E-state index is 14.6. The molecule has 0 spiro atoms. The van der Waals surface area contributed by atoms with E-state index in [0.717, 1.165) is 12.1 Å². The zero-order chi connectivity index (χ0) is 22.1. The second kappa shape index (κ2) is 8.95. The Kier molecular flexibility index (Phi) is 6.74. The van der Waals surface area contributed by atoms with E-state index < -0.39 is 52.8 Å². The highest BCUT2D eigenvalue weighted by Gasteiger charge is 2.42. The maximum absolute atomic E-state index is 14.6. The van der Waals surface area contributed by atoms with Gasteiger partial charge < -0.3 is 16.0 Å². The molecule has 11 heteroatoms. The van der Waals surface area contributed by atoms with Gasteiger partial charge in [-0.1, -0.05) is 17.7 Å². The standard InChI is InChI=1S/C19H21ClF5N3O2/c20-15-12(21)6-5-11(16(15)22)13(27-17(29)14-8-26-18(30)28-14)7-9-1-3-10(4-2-9)19(23,24)25/h5-6,9-10,13-14H,1-4,7-8H2,(H,27,29)(H2,26,28,30)/t9?,10?,13-,14?/m1/s1. The Morgan fingerprint density at radius 1 is 1.20 bits per heavy atom. The number of nitrogens with one attached hydrogen (secondary N) is 3. The second-order valence-electron chi connectivity index (χ2n) is 7.73. The SMILES string of the molecule is O=C1NCC(C(=O)N[C@H](CC2CCC(C(F)(F)F)CC2)c2ccc(F)c(Cl)c2F)N1. The summed E-state index contributed by atoms with van der Waals surface area (Å²) in [7, 11) is 0. The van der Waals surface area contributed by atoms with Gasteiger partial charge in [-0.05, 0) is 44.1 Å². The van der Waals surface area contributed by atoms with Crippen LogP contribution in [0.4, 0.5) is 26.7 Å². The van der Waals surface area contributed by atoms with Crippen LogP contribution >= 0.6 is 11.6 Å². The molecule has 1 aromatic rings. The molecule has 2 atom stereocenters. The fraction of sp³-hybridized carbons (Fsp3) is 0.579. The van der Waals surface area contributed by atoms with E-state index in [1.54, 1.807) is 0 Å². The fourth-order valence-electron chi connectivity index (χ4n) is 4.02. The van der Waals surface area contributed by atoms with Gasteiger partial charge in [0.05, 0.1) is 12.0 Å². The third-order valence-corrected chi connectivity index (χ3v) is 6.07. The molecule has 0 bridgehead atoms. The molecule has 5 nitrogen and oxygen atoms in total. The van der Waals surface area contributed by atoms with Crippen LogP contribution in [0.15, 0.2) is 12.1 Å². The lowest BCUT2D eigenvalue weighted by atomic mass is 9.78. The van der Waals surface area contributed by atoms with Crippen LogP contribution in [0, 0.1) is 23.5 Å². The largest absolute Gasteiger partial charge is 0.391 e. The number of carbonyl (C=O) groups is 2. The van der Waals surface area contributed by atoms with Gasteiger partial charge >= 0.3 is 12.2 Å². The van der Waals surface area contributed by atoms with Crippen LogP contribution in [0.25, 0.3) is 0 Å². The molecule has 1 unspecified atom stereocenters. The Bertz CT molecular complexity index is 812. The Morgan fingerprint density at radius 2 is 1.87 bits per heavy atom. The number of hydrogen-bond acceptors (Lipinski definition) is 2. The van der Waals surface area contributed by atoms with Gasteiger partial charge in [0.15, 0.2) is 0 Å². The molecule has 1 saturated heterocycles. The molecule has 1 aliphatic heterocycles. The third kappa shape index (κ3) is 5.14. The number of carbonyl (C=O) groups excluding carboxylic acids is 2. The molecule has 3 amide bonds. The summed E-state index contributed by atoms with van der Waals surface area (Å²) < 4.78 is 66.9. The predicted molar refractivity (Wildman–Crippen MR) is 98.7 cm³/mol. The van der Waals surface area contributed by atoms with Crippen molar-refractivity contribution in [2.24, 2.45) is 11.8 Å². The lowest BCUT2D eigenvalue weighted by Gasteiger charge is -2.32. The molecule has 3 rings (SSSR count). The average molecular weight is 454 g/mol. The van der Waals surface area contributed by atoms with Gasteiger partial charge in [-0.25, -0.2) is 13.6 Å². The molecule has 2 aliphatic rings. The Labute approximate surface area is 174 Å². The number of urea groups is 1. The van der Waals surface area contributed by atoms with Gasteiger partial charge in [0.2, 0.25) is 5.91 Å². The van der Waals surface area contributed by atoms with E-state index in [0.29, 0.717) is 0 Å². The molecule has 30 heavy (non-hydrogen) atoms. The van der Waals surface area contributed by atoms with Gasteiger partial charge in [0.1, 0.15) is 22.7 Å². The summed E-state index contributed by atoms with van der Waals surface area (Å²) >= 11 is 5.67. The molecular formula is C19H21ClF5N3O2. The van der Waals surface area contributed by atoms with E-state index >= 15 is 0 Å². The smallest absolute Gasteiger partial charge is 0.347 e. The minimum absolute atomic E-state index is 0.0376. The molecule has 2 fully saturated rings. The van der Waals surface area contributed by atoms with Crippen LogP contribution in [0.5, 0.6) is 0 Å². The van der Waals surface area contributed by atoms with Crippen molar-refractivity contribution >= 4 is 23.5 Å². The van der Waals surface area contributed by atoms with Crippen LogP contribution < -0.4 is 16.0 Å². The molecule has 3 N–H and O–H groups in total. The normalized spacial score (nSPS) is 25.4. The van der Waals surface area contributed by atoms with E-state index in [4.69, 9.17) is 11.6 Å². The number of hydrogen-bond donors (Lipinski definition) is 3. The van der Waals surface area contributed by atoms with Crippen LogP contribution in [0.1, 0.15) is 43.7 Å². The summed E-state index contributed by atoms with van der Waals surface area (Å²) in [5, 5.41) is 6.75. The highest BCUT2D eigenvalue weighted by molar-refractivity contribution is 6.31. The monoisotopic (exact) mass is 453 g/mol. The van der Waals surface area contributed by atoms with Crippen molar-refractivity contribution in [2.75, 3.05) is 6.54 Å². The van der Waals surface area contributed by atoms with E-state index in [-0.39, 0.29) is 50.1 Å². The van der Waals surface area contributed by atoms with Crippen molar-refractivity contribution in [3.05, 3.63) is 34.4 Å². The summed E-state index contributed by atoms with van der Waals surface area (Å²) in [5.41, 5.74) is -0.0509. The van der Waals surface area contributed by atoms with E-state index in [2.05, 4.69) is 16.0 Å². The molecule has 166 valence electrons. The van der Waals surface area contributed by atoms with Crippen molar-refractivity contribution in [2.45, 2.75) is 50.4 Å². The lowest BCUT2D eigenvalue weighted by molar-refractivity contribution is -0.184. The molecule has 0 radical (unpaired) electrons. The second-order valence-corrected chi connectivity index (χ2v) is 8.11. The number of benzene rings is 1. The highest BCUT2D eigenvalue weighted by Crippen LogP contribution is 2.42. The van der Waals surface area contributed by atoms with Gasteiger partial charge in [-0.15, -0.1) is 0 Å². The summed E-state index contributed by atoms with van der Waals surface area (Å²) in [6, 6.07) is -0.193. The first kappa shape index (κ1) is 22.6. The summed E-state index contributed by atoms with van der Waals surface area (Å²) in [6.07, 6.45) is -3.61. The van der Waals surface area contributed by atoms with Gasteiger partial charge in [-0.3, -0.25) is 4.79 Å². The number of alkyl halides is 3. The molecule has 0 aromatic heterocycles. The topological polar surface area (TPSA) is 70.2 Å². The van der Waals surface area contributed by atoms with Crippen molar-refractivity contribution in [3.8, 4) is 0 Å². The van der Waals surface area contributed by atoms with Crippen LogP contribution in [-0.4, -0.2) is 30.7 Å². The van der Waals surface area contributed by atoms with Crippen LogP contribution in [-0.2, 0) is 4.79 Å².